The molecule has 1 saturated heterocycles. The Morgan fingerprint density at radius 1 is 1.40 bits per heavy atom. The zero-order valence-electron chi connectivity index (χ0n) is 9.63. The first kappa shape index (κ1) is 11.2. The molecule has 0 spiro atoms. The van der Waals surface area contributed by atoms with Crippen LogP contribution in [0.3, 0.4) is 0 Å². The smallest absolute Gasteiger partial charge is 0.0506 e. The second-order valence-corrected chi connectivity index (χ2v) is 4.79. The summed E-state index contributed by atoms with van der Waals surface area (Å²) in [6, 6.07) is 0. The Hall–Kier alpha value is -0.340. The first-order chi connectivity index (χ1) is 7.45. The Morgan fingerprint density at radius 2 is 2.40 bits per heavy atom. The van der Waals surface area contributed by atoms with Gasteiger partial charge in [0, 0.05) is 13.2 Å². The van der Waals surface area contributed by atoms with Crippen molar-refractivity contribution in [3.8, 4) is 0 Å². The van der Waals surface area contributed by atoms with E-state index in [1.165, 1.54) is 38.5 Å². The lowest BCUT2D eigenvalue weighted by molar-refractivity contribution is 0.0549. The van der Waals surface area contributed by atoms with Crippen LogP contribution in [0.5, 0.6) is 0 Å². The minimum atomic E-state index is 0.760. The fourth-order valence-electron chi connectivity index (χ4n) is 2.49. The summed E-state index contributed by atoms with van der Waals surface area (Å²) in [7, 11) is 0. The third-order valence-electron chi connectivity index (χ3n) is 3.45. The van der Waals surface area contributed by atoms with E-state index in [-0.39, 0.29) is 0 Å². The maximum atomic E-state index is 5.46. The standard InChI is InChI=1S/C13H23NO/c1-2-5-12(4-1)7-8-14-10-13-6-3-9-15-11-13/h4,13-14H,1-3,5-11H2. The second-order valence-electron chi connectivity index (χ2n) is 4.79. The van der Waals surface area contributed by atoms with Crippen LogP contribution in [0.1, 0.15) is 38.5 Å². The molecule has 1 N–H and O–H groups in total. The number of ether oxygens (including phenoxy) is 1. The van der Waals surface area contributed by atoms with Gasteiger partial charge in [0.05, 0.1) is 6.61 Å². The van der Waals surface area contributed by atoms with Crippen molar-refractivity contribution in [1.29, 1.82) is 0 Å². The fourth-order valence-corrected chi connectivity index (χ4v) is 2.49. The average molecular weight is 209 g/mol. The Balaban J connectivity index is 1.50. The molecule has 2 aliphatic rings. The van der Waals surface area contributed by atoms with Gasteiger partial charge < -0.3 is 10.1 Å². The summed E-state index contributed by atoms with van der Waals surface area (Å²) in [6.45, 7) is 4.24. The molecule has 2 heteroatoms. The molecule has 0 radical (unpaired) electrons. The summed E-state index contributed by atoms with van der Waals surface area (Å²) in [4.78, 5) is 0. The monoisotopic (exact) mass is 209 g/mol. The van der Waals surface area contributed by atoms with Gasteiger partial charge in [-0.15, -0.1) is 0 Å². The summed E-state index contributed by atoms with van der Waals surface area (Å²) in [5.41, 5.74) is 1.67. The van der Waals surface area contributed by atoms with Crippen LogP contribution in [0.15, 0.2) is 11.6 Å². The van der Waals surface area contributed by atoms with Crippen molar-refractivity contribution in [3.63, 3.8) is 0 Å². The molecule has 0 aromatic carbocycles. The van der Waals surface area contributed by atoms with Crippen molar-refractivity contribution in [2.75, 3.05) is 26.3 Å². The van der Waals surface area contributed by atoms with E-state index in [9.17, 15) is 0 Å². The van der Waals surface area contributed by atoms with Crippen molar-refractivity contribution >= 4 is 0 Å². The van der Waals surface area contributed by atoms with E-state index in [0.717, 1.165) is 32.2 Å². The zero-order chi connectivity index (χ0) is 10.3. The van der Waals surface area contributed by atoms with Gasteiger partial charge in [-0.25, -0.2) is 0 Å². The van der Waals surface area contributed by atoms with Crippen LogP contribution in [-0.2, 0) is 4.74 Å². The van der Waals surface area contributed by atoms with Crippen molar-refractivity contribution in [1.82, 2.24) is 5.32 Å². The summed E-state index contributed by atoms with van der Waals surface area (Å²) in [5.74, 6) is 0.760. The first-order valence-corrected chi connectivity index (χ1v) is 6.41. The van der Waals surface area contributed by atoms with Gasteiger partial charge in [-0.1, -0.05) is 11.6 Å². The number of rotatable bonds is 5. The van der Waals surface area contributed by atoms with Gasteiger partial charge >= 0.3 is 0 Å². The average Bonchev–Trinajstić information content (AvgIpc) is 2.79. The van der Waals surface area contributed by atoms with Crippen molar-refractivity contribution < 1.29 is 4.74 Å². The molecule has 1 fully saturated rings. The van der Waals surface area contributed by atoms with E-state index in [1.54, 1.807) is 5.57 Å². The van der Waals surface area contributed by atoms with Crippen LogP contribution < -0.4 is 5.32 Å². The molecule has 86 valence electrons. The molecule has 2 nitrogen and oxygen atoms in total. The molecular formula is C13H23NO. The molecule has 1 heterocycles. The Kier molecular flexibility index (Phi) is 4.68. The van der Waals surface area contributed by atoms with Crippen LogP contribution >= 0.6 is 0 Å². The largest absolute Gasteiger partial charge is 0.381 e. The Bertz CT molecular complexity index is 207. The van der Waals surface area contributed by atoms with E-state index in [4.69, 9.17) is 4.74 Å². The number of allylic oxidation sites excluding steroid dienone is 1. The molecule has 1 aliphatic heterocycles. The van der Waals surface area contributed by atoms with E-state index >= 15 is 0 Å². The van der Waals surface area contributed by atoms with Crippen molar-refractivity contribution in [2.45, 2.75) is 38.5 Å². The second kappa shape index (κ2) is 6.29. The van der Waals surface area contributed by atoms with Crippen molar-refractivity contribution in [3.05, 3.63) is 11.6 Å². The summed E-state index contributed by atoms with van der Waals surface area (Å²) in [6.07, 6.45) is 10.3. The van der Waals surface area contributed by atoms with Gasteiger partial charge in [-0.3, -0.25) is 0 Å². The molecule has 1 atom stereocenters. The quantitative estimate of drug-likeness (QED) is 0.555. The lowest BCUT2D eigenvalue weighted by atomic mass is 10.0. The lowest BCUT2D eigenvalue weighted by Crippen LogP contribution is -2.29. The predicted octanol–water partition coefficient (Wildman–Crippen LogP) is 2.50. The number of hydrogen-bond donors (Lipinski definition) is 1. The van der Waals surface area contributed by atoms with Gasteiger partial charge in [-0.05, 0) is 51.0 Å². The van der Waals surface area contributed by atoms with Gasteiger partial charge in [0.15, 0.2) is 0 Å². The molecule has 1 unspecified atom stereocenters. The third kappa shape index (κ3) is 3.96. The highest BCUT2D eigenvalue weighted by molar-refractivity contribution is 5.07. The highest BCUT2D eigenvalue weighted by Gasteiger charge is 2.13. The Morgan fingerprint density at radius 3 is 3.13 bits per heavy atom. The maximum absolute atomic E-state index is 5.46. The molecule has 0 aromatic heterocycles. The van der Waals surface area contributed by atoms with Crippen LogP contribution in [-0.4, -0.2) is 26.3 Å². The first-order valence-electron chi connectivity index (χ1n) is 6.41. The SMILES string of the molecule is C1=C(CCNCC2CCCOC2)CCC1. The molecule has 1 aliphatic carbocycles. The minimum absolute atomic E-state index is 0.760. The van der Waals surface area contributed by atoms with Gasteiger partial charge in [0.2, 0.25) is 0 Å². The van der Waals surface area contributed by atoms with Crippen LogP contribution in [0, 0.1) is 5.92 Å². The van der Waals surface area contributed by atoms with E-state index in [1.807, 2.05) is 0 Å². The molecular weight excluding hydrogens is 186 g/mol. The van der Waals surface area contributed by atoms with Crippen molar-refractivity contribution in [2.24, 2.45) is 5.92 Å². The van der Waals surface area contributed by atoms with Crippen LogP contribution in [0.4, 0.5) is 0 Å². The predicted molar refractivity (Wildman–Crippen MR) is 63.0 cm³/mol. The normalized spacial score (nSPS) is 26.7. The topological polar surface area (TPSA) is 21.3 Å². The highest BCUT2D eigenvalue weighted by Crippen LogP contribution is 2.19. The molecule has 0 amide bonds. The lowest BCUT2D eigenvalue weighted by Gasteiger charge is -2.22. The summed E-state index contributed by atoms with van der Waals surface area (Å²) in [5, 5.41) is 3.56. The van der Waals surface area contributed by atoms with Gasteiger partial charge in [-0.2, -0.15) is 0 Å². The molecule has 15 heavy (non-hydrogen) atoms. The molecule has 0 saturated carbocycles. The summed E-state index contributed by atoms with van der Waals surface area (Å²) < 4.78 is 5.46. The molecule has 2 rings (SSSR count). The Labute approximate surface area is 93.1 Å². The molecule has 0 bridgehead atoms. The van der Waals surface area contributed by atoms with E-state index in [0.29, 0.717) is 0 Å². The zero-order valence-corrected chi connectivity index (χ0v) is 9.63. The van der Waals surface area contributed by atoms with E-state index < -0.39 is 0 Å². The summed E-state index contributed by atoms with van der Waals surface area (Å²) >= 11 is 0. The number of hydrogen-bond acceptors (Lipinski definition) is 2. The van der Waals surface area contributed by atoms with Crippen LogP contribution in [0.2, 0.25) is 0 Å². The third-order valence-corrected chi connectivity index (χ3v) is 3.45. The van der Waals surface area contributed by atoms with Gasteiger partial charge in [0.25, 0.3) is 0 Å². The molecule has 0 aromatic rings. The van der Waals surface area contributed by atoms with E-state index in [2.05, 4.69) is 11.4 Å². The number of nitrogens with one attached hydrogen (secondary N) is 1. The fraction of sp³-hybridized carbons (Fsp3) is 0.846. The van der Waals surface area contributed by atoms with Gasteiger partial charge in [0.1, 0.15) is 0 Å². The minimum Gasteiger partial charge on any atom is -0.381 e. The van der Waals surface area contributed by atoms with Crippen LogP contribution in [0.25, 0.3) is 0 Å². The highest BCUT2D eigenvalue weighted by atomic mass is 16.5. The maximum Gasteiger partial charge on any atom is 0.0506 e.